The molecule has 0 unspecified atom stereocenters. The maximum absolute atomic E-state index is 12.1. The summed E-state index contributed by atoms with van der Waals surface area (Å²) < 4.78 is 7.06. The van der Waals surface area contributed by atoms with E-state index in [4.69, 9.17) is 4.74 Å². The van der Waals surface area contributed by atoms with E-state index in [1.54, 1.807) is 7.11 Å². The van der Waals surface area contributed by atoms with Crippen LogP contribution in [0.25, 0.3) is 5.69 Å². The molecule has 0 radical (unpaired) electrons. The predicted molar refractivity (Wildman–Crippen MR) is 108 cm³/mol. The number of anilines is 1. The number of aromatic nitrogens is 3. The van der Waals surface area contributed by atoms with E-state index in [1.807, 2.05) is 30.3 Å². The Morgan fingerprint density at radius 2 is 1.96 bits per heavy atom. The van der Waals surface area contributed by atoms with E-state index in [2.05, 4.69) is 25.0 Å². The number of benzene rings is 1. The highest BCUT2D eigenvalue weighted by atomic mass is 32.2. The molecule has 1 amide bonds. The van der Waals surface area contributed by atoms with Crippen molar-refractivity contribution in [2.45, 2.75) is 30.8 Å². The van der Waals surface area contributed by atoms with Gasteiger partial charge in [0.25, 0.3) is 0 Å². The lowest BCUT2D eigenvalue weighted by molar-refractivity contribution is -0.118. The smallest absolute Gasteiger partial charge is 0.232 e. The molecule has 1 aromatic heterocycles. The van der Waals surface area contributed by atoms with Crippen LogP contribution in [0.5, 0.6) is 0 Å². The third-order valence-corrected chi connectivity index (χ3v) is 5.38. The van der Waals surface area contributed by atoms with Crippen LogP contribution in [0.3, 0.4) is 0 Å². The average Bonchev–Trinajstić information content (AvgIpc) is 3.15. The molecular formula is C19H27N5O2S. The van der Waals surface area contributed by atoms with E-state index in [0.29, 0.717) is 18.9 Å². The fourth-order valence-electron chi connectivity index (χ4n) is 3.08. The molecule has 1 saturated heterocycles. The molecule has 1 fully saturated rings. The van der Waals surface area contributed by atoms with E-state index >= 15 is 0 Å². The fourth-order valence-corrected chi connectivity index (χ4v) is 3.86. The van der Waals surface area contributed by atoms with E-state index in [0.717, 1.165) is 36.3 Å². The van der Waals surface area contributed by atoms with E-state index in [9.17, 15) is 4.79 Å². The van der Waals surface area contributed by atoms with E-state index in [-0.39, 0.29) is 5.91 Å². The summed E-state index contributed by atoms with van der Waals surface area (Å²) in [6, 6.07) is 10.1. The summed E-state index contributed by atoms with van der Waals surface area (Å²) in [4.78, 5) is 14.4. The van der Waals surface area contributed by atoms with Gasteiger partial charge in [-0.05, 0) is 37.8 Å². The standard InChI is InChI=1S/C19H27N5O2S/c1-26-14-8-11-20-17(25)15-27-19-22-21-18(23-12-6-3-7-13-23)24(19)16-9-4-2-5-10-16/h2,4-5,9-10H,3,6-8,11-15H2,1H3,(H,20,25). The van der Waals surface area contributed by atoms with Crippen molar-refractivity contribution in [3.8, 4) is 5.69 Å². The van der Waals surface area contributed by atoms with Crippen LogP contribution in [-0.2, 0) is 9.53 Å². The molecule has 0 atom stereocenters. The fraction of sp³-hybridized carbons (Fsp3) is 0.526. The lowest BCUT2D eigenvalue weighted by atomic mass is 10.1. The molecule has 2 aromatic rings. The summed E-state index contributed by atoms with van der Waals surface area (Å²) in [7, 11) is 1.66. The number of thioether (sulfide) groups is 1. The van der Waals surface area contributed by atoms with Gasteiger partial charge in [-0.1, -0.05) is 30.0 Å². The first-order valence-electron chi connectivity index (χ1n) is 9.44. The zero-order valence-corrected chi connectivity index (χ0v) is 16.6. The number of ether oxygens (including phenoxy) is 1. The third kappa shape index (κ3) is 5.46. The Labute approximate surface area is 164 Å². The Kier molecular flexibility index (Phi) is 7.53. The molecule has 1 aromatic carbocycles. The summed E-state index contributed by atoms with van der Waals surface area (Å²) in [5.41, 5.74) is 1.02. The van der Waals surface area contributed by atoms with Crippen LogP contribution in [0.15, 0.2) is 35.5 Å². The molecular weight excluding hydrogens is 362 g/mol. The molecule has 1 N–H and O–H groups in total. The molecule has 8 heteroatoms. The van der Waals surface area contributed by atoms with Crippen LogP contribution in [0.4, 0.5) is 5.95 Å². The Hall–Kier alpha value is -2.06. The minimum Gasteiger partial charge on any atom is -0.385 e. The second-order valence-electron chi connectivity index (χ2n) is 6.49. The van der Waals surface area contributed by atoms with E-state index in [1.165, 1.54) is 31.0 Å². The van der Waals surface area contributed by atoms with Gasteiger partial charge in [0.05, 0.1) is 11.4 Å². The highest BCUT2D eigenvalue weighted by molar-refractivity contribution is 7.99. The number of nitrogens with one attached hydrogen (secondary N) is 1. The number of nitrogens with zero attached hydrogens (tertiary/aromatic N) is 4. The Bertz CT molecular complexity index is 716. The zero-order valence-electron chi connectivity index (χ0n) is 15.8. The molecule has 1 aliphatic heterocycles. The SMILES string of the molecule is COCCCNC(=O)CSc1nnc(N2CCCCC2)n1-c1ccccc1. The topological polar surface area (TPSA) is 72.3 Å². The van der Waals surface area contributed by atoms with Gasteiger partial charge in [0.1, 0.15) is 0 Å². The van der Waals surface area contributed by atoms with Gasteiger partial charge in [-0.15, -0.1) is 10.2 Å². The highest BCUT2D eigenvalue weighted by Crippen LogP contribution is 2.28. The number of amides is 1. The molecule has 0 spiro atoms. The summed E-state index contributed by atoms with van der Waals surface area (Å²) >= 11 is 1.42. The summed E-state index contributed by atoms with van der Waals surface area (Å²) in [6.45, 7) is 3.26. The third-order valence-electron chi connectivity index (χ3n) is 4.45. The predicted octanol–water partition coefficient (Wildman–Crippen LogP) is 2.50. The number of carbonyl (C=O) groups is 1. The van der Waals surface area contributed by atoms with Crippen LogP contribution in [0.1, 0.15) is 25.7 Å². The monoisotopic (exact) mass is 389 g/mol. The van der Waals surface area contributed by atoms with Gasteiger partial charge in [-0.2, -0.15) is 0 Å². The first-order valence-corrected chi connectivity index (χ1v) is 10.4. The molecule has 146 valence electrons. The number of methoxy groups -OCH3 is 1. The van der Waals surface area contributed by atoms with Crippen molar-refractivity contribution in [2.75, 3.05) is 44.0 Å². The van der Waals surface area contributed by atoms with Gasteiger partial charge in [0.2, 0.25) is 11.9 Å². The number of hydrogen-bond donors (Lipinski definition) is 1. The lowest BCUT2D eigenvalue weighted by Gasteiger charge is -2.27. The highest BCUT2D eigenvalue weighted by Gasteiger charge is 2.21. The van der Waals surface area contributed by atoms with Crippen molar-refractivity contribution < 1.29 is 9.53 Å². The summed E-state index contributed by atoms with van der Waals surface area (Å²) in [5, 5.41) is 12.5. The average molecular weight is 390 g/mol. The second-order valence-corrected chi connectivity index (χ2v) is 7.43. The van der Waals surface area contributed by atoms with Crippen LogP contribution >= 0.6 is 11.8 Å². The maximum Gasteiger partial charge on any atom is 0.232 e. The van der Waals surface area contributed by atoms with Gasteiger partial charge < -0.3 is 15.0 Å². The quantitative estimate of drug-likeness (QED) is 0.525. The van der Waals surface area contributed by atoms with Crippen molar-refractivity contribution in [2.24, 2.45) is 0 Å². The van der Waals surface area contributed by atoms with Gasteiger partial charge in [0.15, 0.2) is 5.16 Å². The molecule has 2 heterocycles. The largest absolute Gasteiger partial charge is 0.385 e. The van der Waals surface area contributed by atoms with Crippen LogP contribution in [-0.4, -0.2) is 59.8 Å². The van der Waals surface area contributed by atoms with Crippen LogP contribution < -0.4 is 10.2 Å². The zero-order chi connectivity index (χ0) is 18.9. The van der Waals surface area contributed by atoms with Gasteiger partial charge >= 0.3 is 0 Å². The number of para-hydroxylation sites is 1. The number of piperidine rings is 1. The van der Waals surface area contributed by atoms with Crippen molar-refractivity contribution in [1.82, 2.24) is 20.1 Å². The number of hydrogen-bond acceptors (Lipinski definition) is 6. The van der Waals surface area contributed by atoms with Crippen molar-refractivity contribution in [3.05, 3.63) is 30.3 Å². The van der Waals surface area contributed by atoms with Gasteiger partial charge in [0, 0.05) is 33.4 Å². The minimum absolute atomic E-state index is 0.00163. The molecule has 0 bridgehead atoms. The van der Waals surface area contributed by atoms with Crippen molar-refractivity contribution >= 4 is 23.6 Å². The maximum atomic E-state index is 12.1. The number of rotatable bonds is 9. The lowest BCUT2D eigenvalue weighted by Crippen LogP contribution is -2.31. The van der Waals surface area contributed by atoms with Crippen molar-refractivity contribution in [1.29, 1.82) is 0 Å². The van der Waals surface area contributed by atoms with Gasteiger partial charge in [-0.3, -0.25) is 9.36 Å². The summed E-state index contributed by atoms with van der Waals surface area (Å²) in [5.74, 6) is 1.18. The second kappa shape index (κ2) is 10.3. The first-order chi connectivity index (χ1) is 13.3. The minimum atomic E-state index is -0.00163. The molecule has 0 aliphatic carbocycles. The molecule has 0 saturated carbocycles. The Morgan fingerprint density at radius 3 is 2.70 bits per heavy atom. The van der Waals surface area contributed by atoms with Crippen LogP contribution in [0.2, 0.25) is 0 Å². The molecule has 27 heavy (non-hydrogen) atoms. The molecule has 1 aliphatic rings. The van der Waals surface area contributed by atoms with E-state index < -0.39 is 0 Å². The molecule has 7 nitrogen and oxygen atoms in total. The number of carbonyl (C=O) groups excluding carboxylic acids is 1. The summed E-state index contributed by atoms with van der Waals surface area (Å²) in [6.07, 6.45) is 4.43. The van der Waals surface area contributed by atoms with Crippen LogP contribution in [0, 0.1) is 0 Å². The normalized spacial score (nSPS) is 14.3. The Morgan fingerprint density at radius 1 is 1.19 bits per heavy atom. The van der Waals surface area contributed by atoms with Crippen molar-refractivity contribution in [3.63, 3.8) is 0 Å². The Balaban J connectivity index is 1.71. The van der Waals surface area contributed by atoms with Gasteiger partial charge in [-0.25, -0.2) is 0 Å². The first kappa shape index (κ1) is 19.7. The molecule has 3 rings (SSSR count).